The summed E-state index contributed by atoms with van der Waals surface area (Å²) in [6.07, 6.45) is 0. The minimum atomic E-state index is -1.12. The van der Waals surface area contributed by atoms with Crippen molar-refractivity contribution < 1.29 is 23.5 Å². The van der Waals surface area contributed by atoms with Gasteiger partial charge >= 0.3 is 11.9 Å². The lowest BCUT2D eigenvalue weighted by Gasteiger charge is -2.36. The standard InChI is InChI=1S/C25H24FN3O4/c1-4-32-24(30)21-20(16-7-6-8-17(26)13-16)19(14-27)23(28)29(22(21)25(31)33-5-2)18-11-9-15(3)10-12-18/h6-13,20H,4-5,28H2,1-3H3. The number of ether oxygens (including phenoxy) is 2. The van der Waals surface area contributed by atoms with Crippen LogP contribution in [-0.4, -0.2) is 25.2 Å². The van der Waals surface area contributed by atoms with Gasteiger partial charge in [-0.15, -0.1) is 0 Å². The minimum absolute atomic E-state index is 0.0164. The third-order valence-electron chi connectivity index (χ3n) is 5.13. The van der Waals surface area contributed by atoms with Crippen LogP contribution in [0.3, 0.4) is 0 Å². The molecule has 1 heterocycles. The maximum absolute atomic E-state index is 14.1. The Hall–Kier alpha value is -4.12. The van der Waals surface area contributed by atoms with E-state index in [4.69, 9.17) is 15.2 Å². The summed E-state index contributed by atoms with van der Waals surface area (Å²) in [5, 5.41) is 10.0. The molecular weight excluding hydrogens is 425 g/mol. The highest BCUT2D eigenvalue weighted by Crippen LogP contribution is 2.43. The lowest BCUT2D eigenvalue weighted by atomic mass is 9.80. The van der Waals surface area contributed by atoms with Crippen LogP contribution in [0.15, 0.2) is 71.2 Å². The van der Waals surface area contributed by atoms with Gasteiger partial charge in [0.2, 0.25) is 0 Å². The number of carbonyl (C=O) groups excluding carboxylic acids is 2. The fourth-order valence-corrected chi connectivity index (χ4v) is 3.72. The molecule has 0 spiro atoms. The number of benzene rings is 2. The number of hydrogen-bond acceptors (Lipinski definition) is 7. The predicted octanol–water partition coefficient (Wildman–Crippen LogP) is 3.81. The molecule has 0 radical (unpaired) electrons. The molecule has 3 rings (SSSR count). The van der Waals surface area contributed by atoms with Crippen LogP contribution in [0, 0.1) is 24.1 Å². The fourth-order valence-electron chi connectivity index (χ4n) is 3.72. The number of halogens is 1. The van der Waals surface area contributed by atoms with E-state index in [1.807, 2.05) is 13.0 Å². The molecule has 170 valence electrons. The van der Waals surface area contributed by atoms with Gasteiger partial charge in [-0.1, -0.05) is 29.8 Å². The van der Waals surface area contributed by atoms with Crippen molar-refractivity contribution in [3.8, 4) is 6.07 Å². The Kier molecular flexibility index (Phi) is 7.13. The van der Waals surface area contributed by atoms with E-state index in [-0.39, 0.29) is 41.4 Å². The SMILES string of the molecule is CCOC(=O)C1=C(C(=O)OCC)N(c2ccc(C)cc2)C(N)=C(C#N)C1c1cccc(F)c1. The number of nitrogens with two attached hydrogens (primary N) is 1. The van der Waals surface area contributed by atoms with Crippen molar-refractivity contribution in [3.05, 3.63) is 88.1 Å². The lowest BCUT2D eigenvalue weighted by molar-refractivity contribution is -0.142. The van der Waals surface area contributed by atoms with E-state index in [0.29, 0.717) is 5.69 Å². The molecule has 2 aromatic carbocycles. The van der Waals surface area contributed by atoms with Crippen LogP contribution in [0.1, 0.15) is 30.9 Å². The molecule has 1 atom stereocenters. The van der Waals surface area contributed by atoms with Crippen LogP contribution >= 0.6 is 0 Å². The number of aryl methyl sites for hydroxylation is 1. The summed E-state index contributed by atoms with van der Waals surface area (Å²) in [4.78, 5) is 27.7. The minimum Gasteiger partial charge on any atom is -0.463 e. The Labute approximate surface area is 191 Å². The zero-order chi connectivity index (χ0) is 24.1. The second-order valence-electron chi connectivity index (χ2n) is 7.27. The van der Waals surface area contributed by atoms with Crippen LogP contribution in [0.25, 0.3) is 0 Å². The van der Waals surface area contributed by atoms with Crippen molar-refractivity contribution in [1.82, 2.24) is 0 Å². The van der Waals surface area contributed by atoms with Crippen molar-refractivity contribution >= 4 is 17.6 Å². The Morgan fingerprint density at radius 3 is 2.30 bits per heavy atom. The lowest BCUT2D eigenvalue weighted by Crippen LogP contribution is -2.41. The zero-order valence-corrected chi connectivity index (χ0v) is 18.6. The number of allylic oxidation sites excluding steroid dienone is 1. The van der Waals surface area contributed by atoms with Gasteiger partial charge < -0.3 is 15.2 Å². The Balaban J connectivity index is 2.40. The molecule has 0 bridgehead atoms. The molecular formula is C25H24FN3O4. The second-order valence-corrected chi connectivity index (χ2v) is 7.27. The molecule has 0 aliphatic carbocycles. The highest BCUT2D eigenvalue weighted by atomic mass is 19.1. The molecule has 1 aliphatic rings. The van der Waals surface area contributed by atoms with Crippen LogP contribution in [0.4, 0.5) is 10.1 Å². The summed E-state index contributed by atoms with van der Waals surface area (Å²) in [6.45, 7) is 5.21. The van der Waals surface area contributed by atoms with E-state index >= 15 is 0 Å². The van der Waals surface area contributed by atoms with E-state index < -0.39 is 23.7 Å². The van der Waals surface area contributed by atoms with E-state index in [9.17, 15) is 19.2 Å². The van der Waals surface area contributed by atoms with Crippen LogP contribution in [0.5, 0.6) is 0 Å². The van der Waals surface area contributed by atoms with Crippen LogP contribution < -0.4 is 10.6 Å². The molecule has 0 saturated carbocycles. The maximum atomic E-state index is 14.1. The van der Waals surface area contributed by atoms with Gasteiger partial charge in [0.1, 0.15) is 17.3 Å². The van der Waals surface area contributed by atoms with Gasteiger partial charge in [-0.05, 0) is 50.6 Å². The van der Waals surface area contributed by atoms with Crippen molar-refractivity contribution in [1.29, 1.82) is 5.26 Å². The summed E-state index contributed by atoms with van der Waals surface area (Å²) in [7, 11) is 0. The van der Waals surface area contributed by atoms with E-state index in [2.05, 4.69) is 0 Å². The second kappa shape index (κ2) is 10.0. The molecule has 7 nitrogen and oxygen atoms in total. The number of rotatable bonds is 6. The highest BCUT2D eigenvalue weighted by molar-refractivity contribution is 6.06. The summed E-state index contributed by atoms with van der Waals surface area (Å²) in [5.74, 6) is -3.39. The summed E-state index contributed by atoms with van der Waals surface area (Å²) in [6, 6.07) is 14.5. The predicted molar refractivity (Wildman–Crippen MR) is 120 cm³/mol. The Morgan fingerprint density at radius 1 is 1.09 bits per heavy atom. The number of nitrogens with zero attached hydrogens (tertiary/aromatic N) is 2. The third kappa shape index (κ3) is 4.58. The van der Waals surface area contributed by atoms with Crippen molar-refractivity contribution in [3.63, 3.8) is 0 Å². The first-order chi connectivity index (χ1) is 15.8. The summed E-state index contributed by atoms with van der Waals surface area (Å²) < 4.78 is 24.6. The van der Waals surface area contributed by atoms with Crippen molar-refractivity contribution in [2.75, 3.05) is 18.1 Å². The zero-order valence-electron chi connectivity index (χ0n) is 18.6. The molecule has 0 saturated heterocycles. The summed E-state index contributed by atoms with van der Waals surface area (Å²) in [5.41, 5.74) is 7.78. The van der Waals surface area contributed by atoms with E-state index in [1.54, 1.807) is 44.2 Å². The van der Waals surface area contributed by atoms with E-state index in [1.165, 1.54) is 23.1 Å². The Bertz CT molecular complexity index is 1180. The number of anilines is 1. The smallest absolute Gasteiger partial charge is 0.355 e. The number of hydrogen-bond donors (Lipinski definition) is 1. The topological polar surface area (TPSA) is 106 Å². The highest BCUT2D eigenvalue weighted by Gasteiger charge is 2.43. The molecule has 0 fully saturated rings. The largest absolute Gasteiger partial charge is 0.463 e. The van der Waals surface area contributed by atoms with Gasteiger partial charge in [-0.2, -0.15) is 5.26 Å². The van der Waals surface area contributed by atoms with Crippen molar-refractivity contribution in [2.45, 2.75) is 26.7 Å². The van der Waals surface area contributed by atoms with Gasteiger partial charge in [0.15, 0.2) is 0 Å². The molecule has 8 heteroatoms. The number of esters is 2. The van der Waals surface area contributed by atoms with Gasteiger partial charge in [-0.25, -0.2) is 14.0 Å². The van der Waals surface area contributed by atoms with E-state index in [0.717, 1.165) is 5.56 Å². The molecule has 1 aliphatic heterocycles. The van der Waals surface area contributed by atoms with Crippen LogP contribution in [0.2, 0.25) is 0 Å². The fraction of sp³-hybridized carbons (Fsp3) is 0.240. The first kappa shape index (κ1) is 23.5. The normalized spacial score (nSPS) is 15.8. The average molecular weight is 449 g/mol. The Morgan fingerprint density at radius 2 is 1.73 bits per heavy atom. The maximum Gasteiger partial charge on any atom is 0.355 e. The van der Waals surface area contributed by atoms with Crippen molar-refractivity contribution in [2.24, 2.45) is 5.73 Å². The molecule has 2 aromatic rings. The van der Waals surface area contributed by atoms with Gasteiger partial charge in [0.25, 0.3) is 0 Å². The monoisotopic (exact) mass is 449 g/mol. The molecule has 33 heavy (non-hydrogen) atoms. The molecule has 2 N–H and O–H groups in total. The number of carbonyl (C=O) groups is 2. The van der Waals surface area contributed by atoms with Gasteiger partial charge in [0, 0.05) is 5.69 Å². The van der Waals surface area contributed by atoms with Gasteiger partial charge in [-0.3, -0.25) is 4.90 Å². The average Bonchev–Trinajstić information content (AvgIpc) is 2.79. The molecule has 0 amide bonds. The van der Waals surface area contributed by atoms with Gasteiger partial charge in [0.05, 0.1) is 36.3 Å². The molecule has 0 aromatic heterocycles. The van der Waals surface area contributed by atoms with Crippen LogP contribution in [-0.2, 0) is 19.1 Å². The quantitative estimate of drug-likeness (QED) is 0.669. The first-order valence-electron chi connectivity index (χ1n) is 10.4. The third-order valence-corrected chi connectivity index (χ3v) is 5.13. The summed E-state index contributed by atoms with van der Waals surface area (Å²) >= 11 is 0. The number of nitriles is 1. The first-order valence-corrected chi connectivity index (χ1v) is 10.4. The molecule has 1 unspecified atom stereocenters.